The fourth-order valence-corrected chi connectivity index (χ4v) is 0.969. The van der Waals surface area contributed by atoms with Gasteiger partial charge in [-0.3, -0.25) is 4.68 Å². The Hall–Kier alpha value is -0.870. The molecule has 0 aromatic carbocycles. The largest absolute Gasteiger partial charge is 0.323 e. The van der Waals surface area contributed by atoms with Crippen LogP contribution in [0.15, 0.2) is 12.4 Å². The molecule has 0 amide bonds. The van der Waals surface area contributed by atoms with E-state index in [0.29, 0.717) is 0 Å². The summed E-state index contributed by atoms with van der Waals surface area (Å²) in [4.78, 5) is 0. The summed E-state index contributed by atoms with van der Waals surface area (Å²) in [6, 6.07) is 0.0497. The van der Waals surface area contributed by atoms with Crippen molar-refractivity contribution >= 4 is 0 Å². The first-order valence-corrected chi connectivity index (χ1v) is 3.62. The first kappa shape index (κ1) is 8.23. The van der Waals surface area contributed by atoms with E-state index in [2.05, 4.69) is 10.4 Å². The van der Waals surface area contributed by atoms with Crippen molar-refractivity contribution in [3.05, 3.63) is 18.0 Å². The molecule has 4 nitrogen and oxygen atoms in total. The Morgan fingerprint density at radius 3 is 3.00 bits per heavy atom. The molecule has 0 spiro atoms. The molecule has 11 heavy (non-hydrogen) atoms. The summed E-state index contributed by atoms with van der Waals surface area (Å²) < 4.78 is 1.75. The van der Waals surface area contributed by atoms with Gasteiger partial charge >= 0.3 is 0 Å². The second-order valence-electron chi connectivity index (χ2n) is 2.61. The summed E-state index contributed by atoms with van der Waals surface area (Å²) in [5.74, 6) is 0. The molecule has 0 bridgehead atoms. The lowest BCUT2D eigenvalue weighted by Gasteiger charge is -2.06. The third kappa shape index (κ3) is 2.03. The van der Waals surface area contributed by atoms with Gasteiger partial charge in [0.15, 0.2) is 0 Å². The highest BCUT2D eigenvalue weighted by atomic mass is 15.2. The Bertz CT molecular complexity index is 218. The van der Waals surface area contributed by atoms with E-state index in [1.54, 1.807) is 10.9 Å². The van der Waals surface area contributed by atoms with Gasteiger partial charge in [-0.15, -0.1) is 0 Å². The molecule has 0 saturated heterocycles. The van der Waals surface area contributed by atoms with Crippen LogP contribution in [0.25, 0.3) is 0 Å². The molecule has 1 aromatic rings. The third-order valence-electron chi connectivity index (χ3n) is 1.58. The van der Waals surface area contributed by atoms with Gasteiger partial charge < -0.3 is 11.1 Å². The third-order valence-corrected chi connectivity index (χ3v) is 1.58. The average molecular weight is 154 g/mol. The predicted octanol–water partition coefficient (Wildman–Crippen LogP) is -0.361. The van der Waals surface area contributed by atoms with E-state index in [-0.39, 0.29) is 6.04 Å². The van der Waals surface area contributed by atoms with Crippen LogP contribution in [0.5, 0.6) is 0 Å². The molecule has 1 heterocycles. The van der Waals surface area contributed by atoms with E-state index in [1.165, 1.54) is 0 Å². The van der Waals surface area contributed by atoms with Gasteiger partial charge in [0.25, 0.3) is 0 Å². The Balaban J connectivity index is 2.60. The van der Waals surface area contributed by atoms with Gasteiger partial charge in [0.05, 0.1) is 6.20 Å². The summed E-state index contributed by atoms with van der Waals surface area (Å²) in [5, 5.41) is 7.04. The maximum absolute atomic E-state index is 5.80. The highest BCUT2D eigenvalue weighted by Crippen LogP contribution is 2.05. The Morgan fingerprint density at radius 2 is 2.55 bits per heavy atom. The monoisotopic (exact) mass is 154 g/mol. The lowest BCUT2D eigenvalue weighted by Crippen LogP contribution is -2.23. The molecule has 1 unspecified atom stereocenters. The number of aryl methyl sites for hydroxylation is 1. The second kappa shape index (κ2) is 3.50. The molecule has 1 atom stereocenters. The maximum Gasteiger partial charge on any atom is 0.0537 e. The van der Waals surface area contributed by atoms with E-state index in [9.17, 15) is 0 Å². The van der Waals surface area contributed by atoms with Crippen LogP contribution in [-0.4, -0.2) is 23.4 Å². The zero-order chi connectivity index (χ0) is 8.27. The molecule has 3 N–H and O–H groups in total. The number of hydrogen-bond acceptors (Lipinski definition) is 3. The smallest absolute Gasteiger partial charge is 0.0537 e. The van der Waals surface area contributed by atoms with Crippen LogP contribution in [0.1, 0.15) is 11.6 Å². The summed E-state index contributed by atoms with van der Waals surface area (Å²) >= 11 is 0. The minimum Gasteiger partial charge on any atom is -0.323 e. The summed E-state index contributed by atoms with van der Waals surface area (Å²) in [7, 11) is 3.77. The van der Waals surface area contributed by atoms with Crippen molar-refractivity contribution in [3.8, 4) is 0 Å². The molecule has 0 aliphatic heterocycles. The van der Waals surface area contributed by atoms with Gasteiger partial charge in [0, 0.05) is 31.4 Å². The van der Waals surface area contributed by atoms with Crippen LogP contribution in [-0.2, 0) is 7.05 Å². The van der Waals surface area contributed by atoms with E-state index >= 15 is 0 Å². The van der Waals surface area contributed by atoms with Crippen LogP contribution in [0.4, 0.5) is 0 Å². The first-order valence-electron chi connectivity index (χ1n) is 3.62. The van der Waals surface area contributed by atoms with Gasteiger partial charge in [-0.2, -0.15) is 5.10 Å². The molecule has 0 radical (unpaired) electrons. The maximum atomic E-state index is 5.80. The van der Waals surface area contributed by atoms with Gasteiger partial charge in [-0.05, 0) is 7.05 Å². The van der Waals surface area contributed by atoms with E-state index in [0.717, 1.165) is 12.1 Å². The van der Waals surface area contributed by atoms with E-state index < -0.39 is 0 Å². The standard InChI is InChI=1S/C7H14N4/c1-9-4-7(8)6-3-10-11(2)5-6/h3,5,7,9H,4,8H2,1-2H3. The molecule has 1 aromatic heterocycles. The highest BCUT2D eigenvalue weighted by molar-refractivity contribution is 5.09. The SMILES string of the molecule is CNCC(N)c1cnn(C)c1. The number of nitrogens with two attached hydrogens (primary N) is 1. The van der Waals surface area contributed by atoms with Crippen molar-refractivity contribution in [3.63, 3.8) is 0 Å². The zero-order valence-corrected chi connectivity index (χ0v) is 6.91. The number of nitrogens with one attached hydrogen (secondary N) is 1. The molecule has 4 heteroatoms. The van der Waals surface area contributed by atoms with Gasteiger partial charge in [-0.1, -0.05) is 0 Å². The number of nitrogens with zero attached hydrogens (tertiary/aromatic N) is 2. The number of rotatable bonds is 3. The molecule has 0 aliphatic rings. The summed E-state index contributed by atoms with van der Waals surface area (Å²) in [5.41, 5.74) is 6.87. The predicted molar refractivity (Wildman–Crippen MR) is 44.1 cm³/mol. The lowest BCUT2D eigenvalue weighted by atomic mass is 10.2. The van der Waals surface area contributed by atoms with Crippen LogP contribution in [0.3, 0.4) is 0 Å². The lowest BCUT2D eigenvalue weighted by molar-refractivity contribution is 0.652. The fraction of sp³-hybridized carbons (Fsp3) is 0.571. The second-order valence-corrected chi connectivity index (χ2v) is 2.61. The molecular weight excluding hydrogens is 140 g/mol. The normalized spacial score (nSPS) is 13.4. The number of hydrogen-bond donors (Lipinski definition) is 2. The Kier molecular flexibility index (Phi) is 2.62. The Labute approximate surface area is 66.4 Å². The van der Waals surface area contributed by atoms with Crippen LogP contribution >= 0.6 is 0 Å². The van der Waals surface area contributed by atoms with E-state index in [4.69, 9.17) is 5.73 Å². The summed E-state index contributed by atoms with van der Waals surface area (Å²) in [6.07, 6.45) is 3.73. The highest BCUT2D eigenvalue weighted by Gasteiger charge is 2.05. The van der Waals surface area contributed by atoms with Crippen molar-refractivity contribution in [2.75, 3.05) is 13.6 Å². The minimum absolute atomic E-state index is 0.0497. The molecule has 62 valence electrons. The quantitative estimate of drug-likeness (QED) is 0.625. The first-order chi connectivity index (χ1) is 5.24. The molecule has 1 rings (SSSR count). The van der Waals surface area contributed by atoms with Crippen LogP contribution in [0, 0.1) is 0 Å². The number of aromatic nitrogens is 2. The number of likely N-dealkylation sites (N-methyl/N-ethyl adjacent to an activating group) is 1. The summed E-state index contributed by atoms with van der Waals surface area (Å²) in [6.45, 7) is 0.783. The van der Waals surface area contributed by atoms with Crippen molar-refractivity contribution in [2.45, 2.75) is 6.04 Å². The zero-order valence-electron chi connectivity index (χ0n) is 6.91. The van der Waals surface area contributed by atoms with Crippen LogP contribution in [0.2, 0.25) is 0 Å². The van der Waals surface area contributed by atoms with Crippen molar-refractivity contribution in [2.24, 2.45) is 12.8 Å². The van der Waals surface area contributed by atoms with Gasteiger partial charge in [-0.25, -0.2) is 0 Å². The molecule has 0 fully saturated rings. The van der Waals surface area contributed by atoms with Crippen molar-refractivity contribution in [1.29, 1.82) is 0 Å². The molecule has 0 aliphatic carbocycles. The fourth-order valence-electron chi connectivity index (χ4n) is 0.969. The topological polar surface area (TPSA) is 55.9 Å². The Morgan fingerprint density at radius 1 is 1.82 bits per heavy atom. The molecular formula is C7H14N4. The molecule has 0 saturated carbocycles. The minimum atomic E-state index is 0.0497. The van der Waals surface area contributed by atoms with Gasteiger partial charge in [0.1, 0.15) is 0 Å². The van der Waals surface area contributed by atoms with E-state index in [1.807, 2.05) is 20.3 Å². The van der Waals surface area contributed by atoms with Crippen molar-refractivity contribution in [1.82, 2.24) is 15.1 Å². The van der Waals surface area contributed by atoms with Gasteiger partial charge in [0.2, 0.25) is 0 Å². The van der Waals surface area contributed by atoms with Crippen LogP contribution < -0.4 is 11.1 Å². The van der Waals surface area contributed by atoms with Crippen molar-refractivity contribution < 1.29 is 0 Å². The average Bonchev–Trinajstić information content (AvgIpc) is 2.36.